The van der Waals surface area contributed by atoms with Crippen molar-refractivity contribution in [3.05, 3.63) is 106 Å². The highest BCUT2D eigenvalue weighted by atomic mass is 16.4. The SMILES string of the molecule is CC(=O)[C@H](Nc1c(C(=O)c2ccccc2)c(=O)oc2cc(N(C)C)ccc12)c1ccccc1. The Labute approximate surface area is 191 Å². The van der Waals surface area contributed by atoms with E-state index in [4.69, 9.17) is 4.42 Å². The molecule has 0 aliphatic carbocycles. The fourth-order valence-electron chi connectivity index (χ4n) is 3.77. The summed E-state index contributed by atoms with van der Waals surface area (Å²) in [7, 11) is 3.76. The third kappa shape index (κ3) is 4.41. The molecule has 0 amide bonds. The van der Waals surface area contributed by atoms with E-state index in [0.29, 0.717) is 16.5 Å². The Hall–Kier alpha value is -4.19. The van der Waals surface area contributed by atoms with Crippen LogP contribution in [0.1, 0.15) is 34.5 Å². The number of carbonyl (C=O) groups is 2. The van der Waals surface area contributed by atoms with E-state index in [0.717, 1.165) is 11.3 Å². The Balaban J connectivity index is 1.96. The van der Waals surface area contributed by atoms with Gasteiger partial charge >= 0.3 is 5.63 Å². The van der Waals surface area contributed by atoms with Gasteiger partial charge in [0.05, 0.1) is 5.69 Å². The zero-order chi connectivity index (χ0) is 23.5. The van der Waals surface area contributed by atoms with Gasteiger partial charge in [-0.05, 0) is 24.6 Å². The molecular formula is C27H24N2O4. The first-order valence-electron chi connectivity index (χ1n) is 10.6. The second kappa shape index (κ2) is 9.12. The van der Waals surface area contributed by atoms with Crippen molar-refractivity contribution in [1.82, 2.24) is 0 Å². The van der Waals surface area contributed by atoms with Gasteiger partial charge in [-0.15, -0.1) is 0 Å². The molecule has 0 saturated carbocycles. The number of ketones is 2. The third-order valence-electron chi connectivity index (χ3n) is 5.50. The summed E-state index contributed by atoms with van der Waals surface area (Å²) >= 11 is 0. The first-order chi connectivity index (χ1) is 15.9. The maximum absolute atomic E-state index is 13.4. The predicted molar refractivity (Wildman–Crippen MR) is 130 cm³/mol. The maximum atomic E-state index is 13.4. The summed E-state index contributed by atoms with van der Waals surface area (Å²) in [5.74, 6) is -0.619. The summed E-state index contributed by atoms with van der Waals surface area (Å²) in [4.78, 5) is 41.0. The van der Waals surface area contributed by atoms with Gasteiger partial charge in [0.2, 0.25) is 5.78 Å². The molecule has 0 fully saturated rings. The highest BCUT2D eigenvalue weighted by molar-refractivity contribution is 6.15. The number of benzene rings is 3. The summed E-state index contributed by atoms with van der Waals surface area (Å²) in [5, 5.41) is 3.75. The first-order valence-corrected chi connectivity index (χ1v) is 10.6. The van der Waals surface area contributed by atoms with Gasteiger partial charge in [-0.25, -0.2) is 4.79 Å². The van der Waals surface area contributed by atoms with E-state index in [-0.39, 0.29) is 17.0 Å². The highest BCUT2D eigenvalue weighted by Crippen LogP contribution is 2.32. The number of fused-ring (bicyclic) bond motifs is 1. The lowest BCUT2D eigenvalue weighted by Gasteiger charge is -2.21. The van der Waals surface area contributed by atoms with Gasteiger partial charge in [0.1, 0.15) is 17.2 Å². The van der Waals surface area contributed by atoms with Crippen LogP contribution < -0.4 is 15.8 Å². The van der Waals surface area contributed by atoms with Gasteiger partial charge < -0.3 is 14.6 Å². The van der Waals surface area contributed by atoms with Gasteiger partial charge in [0, 0.05) is 36.8 Å². The molecule has 0 aliphatic heterocycles. The molecule has 0 saturated heterocycles. The maximum Gasteiger partial charge on any atom is 0.349 e. The van der Waals surface area contributed by atoms with Crippen molar-refractivity contribution in [3.8, 4) is 0 Å². The van der Waals surface area contributed by atoms with E-state index in [1.54, 1.807) is 42.5 Å². The van der Waals surface area contributed by atoms with Crippen LogP contribution >= 0.6 is 0 Å². The number of nitrogens with one attached hydrogen (secondary N) is 1. The number of hydrogen-bond donors (Lipinski definition) is 1. The molecule has 0 aliphatic rings. The second-order valence-electron chi connectivity index (χ2n) is 8.01. The van der Waals surface area contributed by atoms with E-state index in [1.807, 2.05) is 55.4 Å². The normalized spacial score (nSPS) is 11.7. The molecule has 1 heterocycles. The molecule has 0 unspecified atom stereocenters. The zero-order valence-corrected chi connectivity index (χ0v) is 18.7. The van der Waals surface area contributed by atoms with Crippen LogP contribution in [0.2, 0.25) is 0 Å². The van der Waals surface area contributed by atoms with Crippen molar-refractivity contribution in [1.29, 1.82) is 0 Å². The van der Waals surface area contributed by atoms with Crippen LogP contribution in [-0.4, -0.2) is 25.7 Å². The number of anilines is 2. The van der Waals surface area contributed by atoms with Gasteiger partial charge in [-0.3, -0.25) is 9.59 Å². The number of nitrogens with zero attached hydrogens (tertiary/aromatic N) is 1. The first kappa shape index (κ1) is 22.0. The molecular weight excluding hydrogens is 416 g/mol. The van der Waals surface area contributed by atoms with E-state index < -0.39 is 17.5 Å². The van der Waals surface area contributed by atoms with Crippen molar-refractivity contribution in [2.24, 2.45) is 0 Å². The Bertz CT molecular complexity index is 1380. The van der Waals surface area contributed by atoms with Crippen molar-refractivity contribution < 1.29 is 14.0 Å². The standard InChI is InChI=1S/C27H24N2O4/c1-17(30)24(18-10-6-4-7-11-18)28-25-21-15-14-20(29(2)3)16-22(21)33-27(32)23(25)26(31)19-12-8-5-9-13-19/h4-16,24,28H,1-3H3/t24-/m0/s1. The van der Waals surface area contributed by atoms with E-state index in [2.05, 4.69) is 5.32 Å². The Morgan fingerprint density at radius 3 is 2.15 bits per heavy atom. The summed E-state index contributed by atoms with van der Waals surface area (Å²) in [6, 6.07) is 22.4. The molecule has 1 aromatic heterocycles. The van der Waals surface area contributed by atoms with Crippen molar-refractivity contribution in [2.45, 2.75) is 13.0 Å². The van der Waals surface area contributed by atoms with Gasteiger partial charge in [-0.1, -0.05) is 60.7 Å². The summed E-state index contributed by atoms with van der Waals surface area (Å²) in [6.07, 6.45) is 0. The lowest BCUT2D eigenvalue weighted by atomic mass is 9.98. The molecule has 6 heteroatoms. The second-order valence-corrected chi connectivity index (χ2v) is 8.01. The molecule has 0 bridgehead atoms. The number of Topliss-reactive ketones (excluding diaryl/α,β-unsaturated/α-hetero) is 1. The number of rotatable bonds is 7. The lowest BCUT2D eigenvalue weighted by Crippen LogP contribution is -2.24. The number of hydrogen-bond acceptors (Lipinski definition) is 6. The fourth-order valence-corrected chi connectivity index (χ4v) is 3.77. The molecule has 0 spiro atoms. The van der Waals surface area contributed by atoms with Crippen molar-refractivity contribution in [2.75, 3.05) is 24.3 Å². The molecule has 166 valence electrons. The van der Waals surface area contributed by atoms with Gasteiger partial charge in [0.25, 0.3) is 0 Å². The lowest BCUT2D eigenvalue weighted by molar-refractivity contribution is -0.117. The van der Waals surface area contributed by atoms with E-state index in [1.165, 1.54) is 6.92 Å². The predicted octanol–water partition coefficient (Wildman–Crippen LogP) is 4.83. The zero-order valence-electron chi connectivity index (χ0n) is 18.7. The van der Waals surface area contributed by atoms with Crippen molar-refractivity contribution >= 4 is 33.9 Å². The molecule has 1 N–H and O–H groups in total. The molecule has 3 aromatic carbocycles. The average molecular weight is 440 g/mol. The van der Waals surface area contributed by atoms with E-state index >= 15 is 0 Å². The summed E-state index contributed by atoms with van der Waals surface area (Å²) < 4.78 is 5.59. The Morgan fingerprint density at radius 1 is 0.909 bits per heavy atom. The quantitative estimate of drug-likeness (QED) is 0.327. The Morgan fingerprint density at radius 2 is 1.55 bits per heavy atom. The third-order valence-corrected chi connectivity index (χ3v) is 5.50. The molecule has 33 heavy (non-hydrogen) atoms. The highest BCUT2D eigenvalue weighted by Gasteiger charge is 2.26. The molecule has 6 nitrogen and oxygen atoms in total. The van der Waals surface area contributed by atoms with Gasteiger partial charge in [-0.2, -0.15) is 0 Å². The summed E-state index contributed by atoms with van der Waals surface area (Å²) in [6.45, 7) is 1.47. The van der Waals surface area contributed by atoms with Crippen LogP contribution in [0, 0.1) is 0 Å². The topological polar surface area (TPSA) is 79.6 Å². The minimum absolute atomic E-state index is 0.131. The molecule has 1 atom stereocenters. The molecule has 0 radical (unpaired) electrons. The fraction of sp³-hybridized carbons (Fsp3) is 0.148. The van der Waals surface area contributed by atoms with Crippen LogP contribution in [0.3, 0.4) is 0 Å². The van der Waals surface area contributed by atoms with Gasteiger partial charge in [0.15, 0.2) is 5.78 Å². The minimum Gasteiger partial charge on any atom is -0.422 e. The summed E-state index contributed by atoms with van der Waals surface area (Å²) in [5.41, 5.74) is 1.65. The Kier molecular flexibility index (Phi) is 6.09. The van der Waals surface area contributed by atoms with Crippen LogP contribution in [0.5, 0.6) is 0 Å². The van der Waals surface area contributed by atoms with Crippen LogP contribution in [0.15, 0.2) is 88.1 Å². The van der Waals surface area contributed by atoms with E-state index in [9.17, 15) is 14.4 Å². The smallest absolute Gasteiger partial charge is 0.349 e. The molecule has 4 rings (SSSR count). The minimum atomic E-state index is -0.759. The molecule has 4 aromatic rings. The number of carbonyl (C=O) groups excluding carboxylic acids is 2. The van der Waals surface area contributed by atoms with Crippen LogP contribution in [-0.2, 0) is 4.79 Å². The largest absolute Gasteiger partial charge is 0.422 e. The average Bonchev–Trinajstić information content (AvgIpc) is 2.82. The van der Waals surface area contributed by atoms with Crippen LogP contribution in [0.25, 0.3) is 11.0 Å². The van der Waals surface area contributed by atoms with Crippen molar-refractivity contribution in [3.63, 3.8) is 0 Å². The monoisotopic (exact) mass is 440 g/mol. The van der Waals surface area contributed by atoms with Crippen LogP contribution in [0.4, 0.5) is 11.4 Å².